The highest BCUT2D eigenvalue weighted by atomic mass is 19.1. The minimum absolute atomic E-state index is 0.136. The van der Waals surface area contributed by atoms with E-state index in [1.165, 1.54) is 12.1 Å². The van der Waals surface area contributed by atoms with Crippen LogP contribution in [0.15, 0.2) is 24.3 Å². The molecule has 20 heavy (non-hydrogen) atoms. The van der Waals surface area contributed by atoms with Crippen LogP contribution in [0.25, 0.3) is 0 Å². The second-order valence-corrected chi connectivity index (χ2v) is 6.08. The number of rotatable bonds is 1. The third-order valence-corrected chi connectivity index (χ3v) is 3.39. The number of halogens is 1. The van der Waals surface area contributed by atoms with E-state index in [9.17, 15) is 14.0 Å². The topological polar surface area (TPSA) is 49.4 Å². The Labute approximate surface area is 118 Å². The minimum Gasteiger partial charge on any atom is -0.344 e. The molecule has 1 heterocycles. The Balaban J connectivity index is 2.35. The molecule has 108 valence electrons. The van der Waals surface area contributed by atoms with E-state index in [4.69, 9.17) is 0 Å². The van der Waals surface area contributed by atoms with Gasteiger partial charge in [0.1, 0.15) is 11.9 Å². The van der Waals surface area contributed by atoms with Crippen LogP contribution < -0.4 is 10.2 Å². The maximum absolute atomic E-state index is 13.0. The van der Waals surface area contributed by atoms with Gasteiger partial charge in [0.2, 0.25) is 11.8 Å². The maximum atomic E-state index is 13.0. The molecule has 1 unspecified atom stereocenters. The summed E-state index contributed by atoms with van der Waals surface area (Å²) in [5, 5.41) is 2.78. The number of nitrogens with zero attached hydrogens (tertiary/aromatic N) is 1. The predicted molar refractivity (Wildman–Crippen MR) is 74.8 cm³/mol. The number of benzene rings is 1. The number of anilines is 1. The van der Waals surface area contributed by atoms with Crippen LogP contribution in [-0.4, -0.2) is 24.4 Å². The van der Waals surface area contributed by atoms with E-state index in [0.29, 0.717) is 12.2 Å². The Kier molecular flexibility index (Phi) is 3.79. The Morgan fingerprint density at radius 3 is 2.35 bits per heavy atom. The van der Waals surface area contributed by atoms with Gasteiger partial charge in [0.05, 0.1) is 0 Å². The lowest BCUT2D eigenvalue weighted by Gasteiger charge is -2.32. The van der Waals surface area contributed by atoms with E-state index in [-0.39, 0.29) is 29.5 Å². The first-order valence-corrected chi connectivity index (χ1v) is 6.65. The van der Waals surface area contributed by atoms with Crippen molar-refractivity contribution >= 4 is 17.5 Å². The van der Waals surface area contributed by atoms with Crippen molar-refractivity contribution in [3.05, 3.63) is 30.1 Å². The van der Waals surface area contributed by atoms with Gasteiger partial charge < -0.3 is 10.2 Å². The van der Waals surface area contributed by atoms with Gasteiger partial charge in [-0.15, -0.1) is 0 Å². The Bertz CT molecular complexity index is 520. The summed E-state index contributed by atoms with van der Waals surface area (Å²) in [6.45, 7) is 6.03. The molecule has 0 saturated carbocycles. The van der Waals surface area contributed by atoms with Crippen LogP contribution in [0.3, 0.4) is 0 Å². The number of carbonyl (C=O) groups excluding carboxylic acids is 2. The molecule has 1 N–H and O–H groups in total. The van der Waals surface area contributed by atoms with E-state index in [1.54, 1.807) is 17.0 Å². The zero-order chi connectivity index (χ0) is 14.9. The molecule has 0 aromatic heterocycles. The van der Waals surface area contributed by atoms with Crippen LogP contribution in [0, 0.1) is 11.2 Å². The van der Waals surface area contributed by atoms with Crippen LogP contribution in [-0.2, 0) is 9.59 Å². The summed E-state index contributed by atoms with van der Waals surface area (Å²) in [4.78, 5) is 26.0. The third-order valence-electron chi connectivity index (χ3n) is 3.39. The quantitative estimate of drug-likeness (QED) is 0.855. The first kappa shape index (κ1) is 14.5. The summed E-state index contributed by atoms with van der Waals surface area (Å²) < 4.78 is 13.0. The van der Waals surface area contributed by atoms with Crippen molar-refractivity contribution < 1.29 is 14.0 Å². The number of carbonyl (C=O) groups is 2. The van der Waals surface area contributed by atoms with Gasteiger partial charge in [-0.2, -0.15) is 0 Å². The SMILES string of the molecule is CC(C)(C)C1NC(=O)CCN(c2ccc(F)cc2)C1=O. The first-order chi connectivity index (χ1) is 9.29. The molecule has 2 amide bonds. The van der Waals surface area contributed by atoms with Gasteiger partial charge in [-0.3, -0.25) is 9.59 Å². The average molecular weight is 278 g/mol. The summed E-state index contributed by atoms with van der Waals surface area (Å²) in [7, 11) is 0. The summed E-state index contributed by atoms with van der Waals surface area (Å²) in [6, 6.07) is 5.16. The number of hydrogen-bond acceptors (Lipinski definition) is 2. The number of amides is 2. The van der Waals surface area contributed by atoms with Gasteiger partial charge in [-0.05, 0) is 29.7 Å². The van der Waals surface area contributed by atoms with E-state index in [0.717, 1.165) is 0 Å². The summed E-state index contributed by atoms with van der Waals surface area (Å²) in [5.74, 6) is -0.643. The van der Waals surface area contributed by atoms with Crippen molar-refractivity contribution in [2.75, 3.05) is 11.4 Å². The fourth-order valence-electron chi connectivity index (χ4n) is 2.24. The fourth-order valence-corrected chi connectivity index (χ4v) is 2.24. The molecule has 1 aliphatic heterocycles. The normalized spacial score (nSPS) is 20.6. The van der Waals surface area contributed by atoms with Gasteiger partial charge in [-0.25, -0.2) is 4.39 Å². The van der Waals surface area contributed by atoms with Crippen LogP contribution in [0.1, 0.15) is 27.2 Å². The molecule has 0 spiro atoms. The van der Waals surface area contributed by atoms with Crippen LogP contribution >= 0.6 is 0 Å². The van der Waals surface area contributed by atoms with E-state index in [1.807, 2.05) is 20.8 Å². The number of hydrogen-bond donors (Lipinski definition) is 1. The second kappa shape index (κ2) is 5.23. The zero-order valence-corrected chi connectivity index (χ0v) is 11.9. The first-order valence-electron chi connectivity index (χ1n) is 6.65. The predicted octanol–water partition coefficient (Wildman–Crippen LogP) is 2.09. The fraction of sp³-hybridized carbons (Fsp3) is 0.467. The smallest absolute Gasteiger partial charge is 0.250 e. The third kappa shape index (κ3) is 2.98. The molecular weight excluding hydrogens is 259 g/mol. The molecule has 1 atom stereocenters. The Hall–Kier alpha value is -1.91. The lowest BCUT2D eigenvalue weighted by Crippen LogP contribution is -2.52. The Morgan fingerprint density at radius 2 is 1.80 bits per heavy atom. The van der Waals surface area contributed by atoms with Gasteiger partial charge in [-0.1, -0.05) is 20.8 Å². The molecule has 1 aromatic rings. The van der Waals surface area contributed by atoms with Gasteiger partial charge in [0.15, 0.2) is 0 Å². The molecule has 2 rings (SSSR count). The van der Waals surface area contributed by atoms with Gasteiger partial charge >= 0.3 is 0 Å². The second-order valence-electron chi connectivity index (χ2n) is 6.08. The standard InChI is InChI=1S/C15H19FN2O2/c1-15(2,3)13-14(20)18(9-8-12(19)17-13)11-6-4-10(16)5-7-11/h4-7,13H,8-9H2,1-3H3,(H,17,19). The van der Waals surface area contributed by atoms with Crippen molar-refractivity contribution in [1.82, 2.24) is 5.32 Å². The molecular formula is C15H19FN2O2. The van der Waals surface area contributed by atoms with Crippen LogP contribution in [0.2, 0.25) is 0 Å². The highest BCUT2D eigenvalue weighted by molar-refractivity contribution is 6.01. The molecule has 1 aliphatic rings. The minimum atomic E-state index is -0.581. The highest BCUT2D eigenvalue weighted by Crippen LogP contribution is 2.26. The molecule has 4 nitrogen and oxygen atoms in total. The molecule has 5 heteroatoms. The molecule has 1 saturated heterocycles. The van der Waals surface area contributed by atoms with E-state index in [2.05, 4.69) is 5.32 Å². The van der Waals surface area contributed by atoms with Crippen molar-refractivity contribution in [2.45, 2.75) is 33.2 Å². The van der Waals surface area contributed by atoms with Crippen molar-refractivity contribution in [2.24, 2.45) is 5.41 Å². The van der Waals surface area contributed by atoms with E-state index >= 15 is 0 Å². The lowest BCUT2D eigenvalue weighted by atomic mass is 9.86. The summed E-state index contributed by atoms with van der Waals surface area (Å²) >= 11 is 0. The van der Waals surface area contributed by atoms with Crippen molar-refractivity contribution in [3.63, 3.8) is 0 Å². The monoisotopic (exact) mass is 278 g/mol. The Morgan fingerprint density at radius 1 is 1.20 bits per heavy atom. The number of nitrogens with one attached hydrogen (secondary N) is 1. The molecule has 0 bridgehead atoms. The maximum Gasteiger partial charge on any atom is 0.250 e. The molecule has 1 aromatic carbocycles. The molecule has 0 radical (unpaired) electrons. The lowest BCUT2D eigenvalue weighted by molar-refractivity contribution is -0.127. The van der Waals surface area contributed by atoms with Crippen LogP contribution in [0.5, 0.6) is 0 Å². The van der Waals surface area contributed by atoms with Crippen molar-refractivity contribution in [3.8, 4) is 0 Å². The summed E-state index contributed by atoms with van der Waals surface area (Å²) in [6.07, 6.45) is 0.246. The molecule has 1 fully saturated rings. The average Bonchev–Trinajstić information content (AvgIpc) is 2.50. The van der Waals surface area contributed by atoms with Crippen LogP contribution in [0.4, 0.5) is 10.1 Å². The van der Waals surface area contributed by atoms with Crippen molar-refractivity contribution in [1.29, 1.82) is 0 Å². The summed E-state index contributed by atoms with van der Waals surface area (Å²) in [5.41, 5.74) is 0.234. The van der Waals surface area contributed by atoms with Gasteiger partial charge in [0.25, 0.3) is 0 Å². The highest BCUT2D eigenvalue weighted by Gasteiger charge is 2.38. The molecule has 0 aliphatic carbocycles. The van der Waals surface area contributed by atoms with E-state index < -0.39 is 6.04 Å². The van der Waals surface area contributed by atoms with Gasteiger partial charge in [0, 0.05) is 18.7 Å². The zero-order valence-electron chi connectivity index (χ0n) is 11.9. The largest absolute Gasteiger partial charge is 0.344 e.